The quantitative estimate of drug-likeness (QED) is 0.0744. The molecule has 0 aliphatic heterocycles. The first kappa shape index (κ1) is 34.6. The fourth-order valence-corrected chi connectivity index (χ4v) is 2.75. The van der Waals surface area contributed by atoms with Gasteiger partial charge in [0.25, 0.3) is 0 Å². The molecule has 0 bridgehead atoms. The molecule has 0 aliphatic carbocycles. The number of carbonyl (C=O) groups is 5. The van der Waals surface area contributed by atoms with Gasteiger partial charge in [0.1, 0.15) is 12.6 Å². The zero-order valence-electron chi connectivity index (χ0n) is 21.7. The van der Waals surface area contributed by atoms with E-state index in [1.165, 1.54) is 0 Å². The third-order valence-electron chi connectivity index (χ3n) is 4.78. The van der Waals surface area contributed by atoms with Crippen molar-refractivity contribution in [2.75, 3.05) is 72.5 Å². The second-order valence-electron chi connectivity index (χ2n) is 8.00. The summed E-state index contributed by atoms with van der Waals surface area (Å²) in [6.45, 7) is 3.97. The Balaban J connectivity index is 3.32. The second kappa shape index (κ2) is 26.6. The van der Waals surface area contributed by atoms with Gasteiger partial charge in [-0.3, -0.25) is 14.4 Å². The minimum Gasteiger partial charge on any atom is -0.379 e. The van der Waals surface area contributed by atoms with Crippen LogP contribution in [0.4, 0.5) is 0 Å². The molecule has 1 unspecified atom stereocenters. The number of amides is 3. The van der Waals surface area contributed by atoms with Gasteiger partial charge in [0.15, 0.2) is 0 Å². The van der Waals surface area contributed by atoms with E-state index < -0.39 is 6.04 Å². The van der Waals surface area contributed by atoms with Gasteiger partial charge < -0.3 is 50.2 Å². The van der Waals surface area contributed by atoms with E-state index in [-0.39, 0.29) is 50.0 Å². The predicted molar refractivity (Wildman–Crippen MR) is 135 cm³/mol. The Morgan fingerprint density at radius 3 is 1.57 bits per heavy atom. The maximum absolute atomic E-state index is 11.7. The summed E-state index contributed by atoms with van der Waals surface area (Å²) in [5.41, 5.74) is 5.49. The fraction of sp³-hybridized carbons (Fsp3) is 0.792. The number of hydrogen-bond acceptors (Lipinski definition) is 10. The van der Waals surface area contributed by atoms with Crippen molar-refractivity contribution in [2.45, 2.75) is 51.0 Å². The van der Waals surface area contributed by atoms with Gasteiger partial charge in [-0.15, -0.1) is 0 Å². The van der Waals surface area contributed by atoms with Gasteiger partial charge in [-0.2, -0.15) is 0 Å². The minimum absolute atomic E-state index is 0.0894. The van der Waals surface area contributed by atoms with Crippen LogP contribution in [-0.4, -0.2) is 109 Å². The highest BCUT2D eigenvalue weighted by atomic mass is 16.5. The summed E-state index contributed by atoms with van der Waals surface area (Å²) < 4.78 is 21.3. The van der Waals surface area contributed by atoms with Gasteiger partial charge in [-0.05, 0) is 19.3 Å². The van der Waals surface area contributed by atoms with Crippen molar-refractivity contribution in [3.8, 4) is 0 Å². The number of nitrogens with two attached hydrogens (primary N) is 1. The lowest BCUT2D eigenvalue weighted by Gasteiger charge is -2.09. The fourth-order valence-electron chi connectivity index (χ4n) is 2.75. The molecule has 214 valence electrons. The van der Waals surface area contributed by atoms with Crippen LogP contribution in [0.25, 0.3) is 0 Å². The Bertz CT molecular complexity index is 623. The zero-order valence-corrected chi connectivity index (χ0v) is 21.7. The average Bonchev–Trinajstić information content (AvgIpc) is 2.89. The summed E-state index contributed by atoms with van der Waals surface area (Å²) in [7, 11) is 0. The Morgan fingerprint density at radius 1 is 0.622 bits per heavy atom. The minimum atomic E-state index is -0.429. The smallest absolute Gasteiger partial charge is 0.222 e. The summed E-state index contributed by atoms with van der Waals surface area (Å²) >= 11 is 0. The van der Waals surface area contributed by atoms with E-state index in [2.05, 4.69) is 16.0 Å². The van der Waals surface area contributed by atoms with Crippen molar-refractivity contribution in [1.82, 2.24) is 16.0 Å². The molecule has 13 heteroatoms. The molecular formula is C24H44N4O9. The molecule has 13 nitrogen and oxygen atoms in total. The molecule has 37 heavy (non-hydrogen) atoms. The molecule has 0 rings (SSSR count). The first-order valence-corrected chi connectivity index (χ1v) is 12.7. The summed E-state index contributed by atoms with van der Waals surface area (Å²) in [6.07, 6.45) is 4.49. The van der Waals surface area contributed by atoms with Crippen LogP contribution < -0.4 is 21.7 Å². The van der Waals surface area contributed by atoms with Crippen LogP contribution in [0.1, 0.15) is 44.9 Å². The monoisotopic (exact) mass is 532 g/mol. The van der Waals surface area contributed by atoms with Crippen LogP contribution >= 0.6 is 0 Å². The van der Waals surface area contributed by atoms with Crippen molar-refractivity contribution < 1.29 is 42.9 Å². The SMILES string of the molecule is NC(C=O)CCCCNC(=O)CCOCCOCCNC(=O)CCOCCOCCNC(=O)CCC=O. The van der Waals surface area contributed by atoms with Crippen LogP contribution in [0, 0.1) is 0 Å². The second-order valence-corrected chi connectivity index (χ2v) is 8.00. The third-order valence-corrected chi connectivity index (χ3v) is 4.78. The van der Waals surface area contributed by atoms with Crippen LogP contribution in [0.3, 0.4) is 0 Å². The molecule has 1 atom stereocenters. The van der Waals surface area contributed by atoms with Crippen molar-refractivity contribution >= 4 is 30.3 Å². The molecule has 0 spiro atoms. The molecule has 0 heterocycles. The van der Waals surface area contributed by atoms with Crippen LogP contribution in [0.5, 0.6) is 0 Å². The van der Waals surface area contributed by atoms with Gasteiger partial charge in [0, 0.05) is 45.3 Å². The van der Waals surface area contributed by atoms with Crippen molar-refractivity contribution in [3.63, 3.8) is 0 Å². The highest BCUT2D eigenvalue weighted by molar-refractivity contribution is 5.78. The number of unbranched alkanes of at least 4 members (excludes halogenated alkanes) is 1. The lowest BCUT2D eigenvalue weighted by atomic mass is 10.1. The molecule has 0 aromatic heterocycles. The number of carbonyl (C=O) groups excluding carboxylic acids is 5. The Labute approximate surface area is 218 Å². The van der Waals surface area contributed by atoms with E-state index in [1.807, 2.05) is 0 Å². The molecule has 0 aromatic carbocycles. The summed E-state index contributed by atoms with van der Waals surface area (Å²) in [5.74, 6) is -0.416. The van der Waals surface area contributed by atoms with E-state index in [1.54, 1.807) is 0 Å². The molecule has 5 N–H and O–H groups in total. The molecular weight excluding hydrogens is 488 g/mol. The van der Waals surface area contributed by atoms with Crippen LogP contribution in [-0.2, 0) is 42.9 Å². The zero-order chi connectivity index (χ0) is 27.4. The third kappa shape index (κ3) is 26.4. The summed E-state index contributed by atoms with van der Waals surface area (Å²) in [5, 5.41) is 8.15. The van der Waals surface area contributed by atoms with Gasteiger partial charge in [-0.25, -0.2) is 0 Å². The maximum atomic E-state index is 11.7. The largest absolute Gasteiger partial charge is 0.379 e. The summed E-state index contributed by atoms with van der Waals surface area (Å²) in [4.78, 5) is 55.2. The van der Waals surface area contributed by atoms with Gasteiger partial charge in [-0.1, -0.05) is 0 Å². The topological polar surface area (TPSA) is 184 Å². The number of aldehydes is 2. The van der Waals surface area contributed by atoms with Crippen molar-refractivity contribution in [3.05, 3.63) is 0 Å². The van der Waals surface area contributed by atoms with E-state index >= 15 is 0 Å². The van der Waals surface area contributed by atoms with Gasteiger partial charge in [0.2, 0.25) is 17.7 Å². The molecule has 0 saturated heterocycles. The number of hydrogen-bond donors (Lipinski definition) is 4. The van der Waals surface area contributed by atoms with E-state index in [4.69, 9.17) is 24.7 Å². The van der Waals surface area contributed by atoms with Crippen molar-refractivity contribution in [2.24, 2.45) is 5.73 Å². The van der Waals surface area contributed by atoms with Crippen LogP contribution in [0.2, 0.25) is 0 Å². The number of rotatable bonds is 27. The first-order valence-electron chi connectivity index (χ1n) is 12.7. The predicted octanol–water partition coefficient (Wildman–Crippen LogP) is -1.14. The number of nitrogens with one attached hydrogen (secondary N) is 3. The maximum Gasteiger partial charge on any atom is 0.222 e. The Morgan fingerprint density at radius 2 is 1.08 bits per heavy atom. The average molecular weight is 533 g/mol. The van der Waals surface area contributed by atoms with Crippen LogP contribution in [0.15, 0.2) is 0 Å². The van der Waals surface area contributed by atoms with E-state index in [0.717, 1.165) is 19.1 Å². The first-order chi connectivity index (χ1) is 18.0. The summed E-state index contributed by atoms with van der Waals surface area (Å²) in [6, 6.07) is -0.429. The molecule has 0 saturated carbocycles. The molecule has 0 fully saturated rings. The molecule has 0 radical (unpaired) electrons. The lowest BCUT2D eigenvalue weighted by molar-refractivity contribution is -0.123. The normalized spacial score (nSPS) is 11.5. The van der Waals surface area contributed by atoms with Crippen molar-refractivity contribution in [1.29, 1.82) is 0 Å². The Kier molecular flexibility index (Phi) is 24.8. The van der Waals surface area contributed by atoms with Gasteiger partial charge >= 0.3 is 0 Å². The lowest BCUT2D eigenvalue weighted by Crippen LogP contribution is -2.29. The highest BCUT2D eigenvalue weighted by Gasteiger charge is 2.04. The van der Waals surface area contributed by atoms with E-state index in [0.29, 0.717) is 78.6 Å². The van der Waals surface area contributed by atoms with E-state index in [9.17, 15) is 24.0 Å². The highest BCUT2D eigenvalue weighted by Crippen LogP contribution is 1.96. The number of ether oxygens (including phenoxy) is 4. The molecule has 0 aromatic rings. The molecule has 3 amide bonds. The molecule has 0 aliphatic rings. The van der Waals surface area contributed by atoms with Gasteiger partial charge in [0.05, 0.1) is 58.9 Å². The standard InChI is InChI=1S/C24H44N4O9/c25-21(20-30)4-1-2-8-26-23(32)6-12-34-16-19-37-15-10-28-24(33)7-13-35-17-18-36-14-9-27-22(31)5-3-11-29/h11,20-21H,1-10,12-19,25H2,(H,26,32)(H,27,31)(H,28,33). The Hall–Kier alpha value is -2.45.